The van der Waals surface area contributed by atoms with Gasteiger partial charge in [-0.25, -0.2) is 0 Å². The molecule has 66 heavy (non-hydrogen) atoms. The Morgan fingerprint density at radius 3 is 1.39 bits per heavy atom. The number of anilines is 3. The van der Waals surface area contributed by atoms with Gasteiger partial charge in [0.2, 0.25) is 0 Å². The van der Waals surface area contributed by atoms with Gasteiger partial charge in [0.05, 0.1) is 17.1 Å². The third kappa shape index (κ3) is 6.15. The van der Waals surface area contributed by atoms with Gasteiger partial charge in [-0.3, -0.25) is 0 Å². The Hall–Kier alpha value is -8.00. The van der Waals surface area contributed by atoms with E-state index >= 15 is 0 Å². The summed E-state index contributed by atoms with van der Waals surface area (Å²) >= 11 is 0. The van der Waals surface area contributed by atoms with Crippen molar-refractivity contribution in [1.29, 1.82) is 0 Å². The zero-order valence-corrected chi connectivity index (χ0v) is 37.5. The SMILES string of the molecule is CC1(C)c2ccccc2-c2c(-c3ccccc3N(c3ccccc3-c3ccc(-c4ccccc4)cc3)c3ccccc3-c3ccc4c(c3)C(C)(c3ccccc3)c3ccccc3-4)cccc21. The Morgan fingerprint density at radius 1 is 0.273 bits per heavy atom. The normalized spacial score (nSPS) is 15.1. The van der Waals surface area contributed by atoms with Crippen LogP contribution in [0.2, 0.25) is 0 Å². The average Bonchev–Trinajstić information content (AvgIpc) is 3.79. The maximum atomic E-state index is 2.54. The molecule has 0 aliphatic heterocycles. The van der Waals surface area contributed by atoms with E-state index in [1.54, 1.807) is 0 Å². The van der Waals surface area contributed by atoms with Gasteiger partial charge in [0.1, 0.15) is 0 Å². The van der Waals surface area contributed by atoms with Gasteiger partial charge in [-0.1, -0.05) is 232 Å². The number of rotatable bonds is 8. The summed E-state index contributed by atoms with van der Waals surface area (Å²) in [6.45, 7) is 7.14. The lowest BCUT2D eigenvalue weighted by Gasteiger charge is -2.32. The van der Waals surface area contributed by atoms with E-state index in [-0.39, 0.29) is 10.8 Å². The summed E-state index contributed by atoms with van der Waals surface area (Å²) in [5.74, 6) is 0. The van der Waals surface area contributed by atoms with Crippen LogP contribution in [-0.4, -0.2) is 0 Å². The molecule has 314 valence electrons. The van der Waals surface area contributed by atoms with E-state index in [0.717, 1.165) is 28.2 Å². The Balaban J connectivity index is 1.09. The van der Waals surface area contributed by atoms with Crippen LogP contribution in [0.1, 0.15) is 48.6 Å². The molecule has 2 aliphatic carbocycles. The molecule has 0 spiro atoms. The van der Waals surface area contributed by atoms with Crippen LogP contribution in [0.15, 0.2) is 243 Å². The highest BCUT2D eigenvalue weighted by Gasteiger charge is 2.41. The molecule has 0 N–H and O–H groups in total. The van der Waals surface area contributed by atoms with Gasteiger partial charge in [0, 0.05) is 27.5 Å². The summed E-state index contributed by atoms with van der Waals surface area (Å²) in [5.41, 5.74) is 24.4. The van der Waals surface area contributed by atoms with Crippen molar-refractivity contribution in [3.63, 3.8) is 0 Å². The molecule has 12 rings (SSSR count). The summed E-state index contributed by atoms with van der Waals surface area (Å²) in [7, 11) is 0. The van der Waals surface area contributed by atoms with Crippen LogP contribution in [0.4, 0.5) is 17.1 Å². The smallest absolute Gasteiger partial charge is 0.0540 e. The molecule has 10 aromatic carbocycles. The van der Waals surface area contributed by atoms with Crippen molar-refractivity contribution in [1.82, 2.24) is 0 Å². The first-order valence-corrected chi connectivity index (χ1v) is 23.2. The van der Waals surface area contributed by atoms with E-state index in [1.165, 1.54) is 83.5 Å². The lowest BCUT2D eigenvalue weighted by Crippen LogP contribution is -2.22. The Bertz CT molecular complexity index is 3450. The first kappa shape index (κ1) is 39.6. The van der Waals surface area contributed by atoms with E-state index in [0.29, 0.717) is 0 Å². The molecule has 0 aromatic heterocycles. The van der Waals surface area contributed by atoms with Gasteiger partial charge < -0.3 is 4.90 Å². The standard InChI is InChI=1S/C65H49N/c1-64(2)56-31-15-11-29-55(56)63-54(30-20-33-58(63)64)53-28-14-19-36-62(53)66(60-34-17-12-25-49(60)46-39-37-45(38-40-46)44-21-6-4-7-22-44)61-35-18-13-26-50(61)47-41-42-52-51-27-10-16-32-57(51)65(3,59(52)43-47)48-23-8-5-9-24-48/h4-43H,1-3H3. The minimum absolute atomic E-state index is 0.122. The third-order valence-electron chi connectivity index (χ3n) is 14.6. The molecule has 0 saturated heterocycles. The largest absolute Gasteiger partial charge is 0.309 e. The zero-order chi connectivity index (χ0) is 44.4. The van der Waals surface area contributed by atoms with Crippen LogP contribution in [0.5, 0.6) is 0 Å². The second-order valence-corrected chi connectivity index (χ2v) is 18.5. The summed E-state index contributed by atoms with van der Waals surface area (Å²) in [4.78, 5) is 2.54. The molecule has 2 aliphatic rings. The second kappa shape index (κ2) is 15.6. The fraction of sp³-hybridized carbons (Fsp3) is 0.0769. The molecule has 1 heteroatoms. The highest BCUT2D eigenvalue weighted by atomic mass is 15.1. The first-order valence-electron chi connectivity index (χ1n) is 23.2. The first-order chi connectivity index (χ1) is 32.4. The summed E-state index contributed by atoms with van der Waals surface area (Å²) in [6, 6.07) is 89.8. The van der Waals surface area contributed by atoms with E-state index in [1.807, 2.05) is 0 Å². The van der Waals surface area contributed by atoms with Gasteiger partial charge >= 0.3 is 0 Å². The second-order valence-electron chi connectivity index (χ2n) is 18.5. The fourth-order valence-corrected chi connectivity index (χ4v) is 11.3. The summed E-state index contributed by atoms with van der Waals surface area (Å²) in [6.07, 6.45) is 0. The van der Waals surface area contributed by atoms with Gasteiger partial charge in [-0.15, -0.1) is 0 Å². The maximum absolute atomic E-state index is 2.54. The lowest BCUT2D eigenvalue weighted by molar-refractivity contribution is 0.660. The van der Waals surface area contributed by atoms with Crippen LogP contribution in [0.3, 0.4) is 0 Å². The van der Waals surface area contributed by atoms with Crippen LogP contribution in [-0.2, 0) is 10.8 Å². The van der Waals surface area contributed by atoms with Gasteiger partial charge in [0.25, 0.3) is 0 Å². The topological polar surface area (TPSA) is 3.24 Å². The Labute approximate surface area is 389 Å². The summed E-state index contributed by atoms with van der Waals surface area (Å²) in [5, 5.41) is 0. The van der Waals surface area contributed by atoms with Crippen molar-refractivity contribution in [2.24, 2.45) is 0 Å². The number of nitrogens with zero attached hydrogens (tertiary/aromatic N) is 1. The van der Waals surface area contributed by atoms with Crippen molar-refractivity contribution in [3.05, 3.63) is 270 Å². The number of para-hydroxylation sites is 3. The molecule has 0 radical (unpaired) electrons. The van der Waals surface area contributed by atoms with E-state index in [2.05, 4.69) is 268 Å². The van der Waals surface area contributed by atoms with Crippen molar-refractivity contribution in [3.8, 4) is 66.8 Å². The van der Waals surface area contributed by atoms with Crippen molar-refractivity contribution in [2.45, 2.75) is 31.6 Å². The van der Waals surface area contributed by atoms with Gasteiger partial charge in [0.15, 0.2) is 0 Å². The molecule has 0 fully saturated rings. The monoisotopic (exact) mass is 843 g/mol. The Morgan fingerprint density at radius 2 is 0.712 bits per heavy atom. The third-order valence-corrected chi connectivity index (χ3v) is 14.6. The van der Waals surface area contributed by atoms with Gasteiger partial charge in [-0.05, 0) is 109 Å². The molecule has 0 heterocycles. The van der Waals surface area contributed by atoms with E-state index in [4.69, 9.17) is 0 Å². The highest BCUT2D eigenvalue weighted by molar-refractivity contribution is 6.02. The molecule has 0 bridgehead atoms. The molecule has 0 saturated carbocycles. The van der Waals surface area contributed by atoms with Crippen molar-refractivity contribution < 1.29 is 0 Å². The minimum atomic E-state index is -0.319. The van der Waals surface area contributed by atoms with Crippen LogP contribution in [0, 0.1) is 0 Å². The molecule has 10 aromatic rings. The summed E-state index contributed by atoms with van der Waals surface area (Å²) < 4.78 is 0. The van der Waals surface area contributed by atoms with Gasteiger partial charge in [-0.2, -0.15) is 0 Å². The average molecular weight is 844 g/mol. The molecule has 1 atom stereocenters. The number of hydrogen-bond donors (Lipinski definition) is 0. The van der Waals surface area contributed by atoms with Crippen LogP contribution >= 0.6 is 0 Å². The van der Waals surface area contributed by atoms with Crippen LogP contribution in [0.25, 0.3) is 66.8 Å². The predicted molar refractivity (Wildman–Crippen MR) is 278 cm³/mol. The minimum Gasteiger partial charge on any atom is -0.309 e. The van der Waals surface area contributed by atoms with E-state index < -0.39 is 0 Å². The molecule has 1 nitrogen and oxygen atoms in total. The van der Waals surface area contributed by atoms with Crippen molar-refractivity contribution in [2.75, 3.05) is 4.90 Å². The van der Waals surface area contributed by atoms with Crippen molar-refractivity contribution >= 4 is 17.1 Å². The predicted octanol–water partition coefficient (Wildman–Crippen LogP) is 17.5. The number of benzene rings is 10. The lowest BCUT2D eigenvalue weighted by atomic mass is 9.74. The number of hydrogen-bond acceptors (Lipinski definition) is 1. The highest BCUT2D eigenvalue weighted by Crippen LogP contribution is 2.56. The fourth-order valence-electron chi connectivity index (χ4n) is 11.3. The number of fused-ring (bicyclic) bond motifs is 6. The molecular formula is C65H49N. The Kier molecular flexibility index (Phi) is 9.36. The maximum Gasteiger partial charge on any atom is 0.0540 e. The quantitative estimate of drug-likeness (QED) is 0.147. The molecular weight excluding hydrogens is 795 g/mol. The van der Waals surface area contributed by atoms with E-state index in [9.17, 15) is 0 Å². The molecule has 0 amide bonds. The van der Waals surface area contributed by atoms with Crippen LogP contribution < -0.4 is 4.90 Å². The zero-order valence-electron chi connectivity index (χ0n) is 37.5. The molecule has 1 unspecified atom stereocenters.